The molecule has 0 aliphatic rings. The number of aromatic hydroxyl groups is 4. The van der Waals surface area contributed by atoms with Gasteiger partial charge in [-0.25, -0.2) is 9.59 Å². The molecule has 0 radical (unpaired) electrons. The summed E-state index contributed by atoms with van der Waals surface area (Å²) in [6.45, 7) is 0. The fourth-order valence-electron chi connectivity index (χ4n) is 3.24. The number of carbonyl (C=O) groups is 2. The molecule has 0 bridgehead atoms. The van der Waals surface area contributed by atoms with Crippen LogP contribution in [0.5, 0.6) is 23.0 Å². The molecule has 4 N–H and O–H groups in total. The summed E-state index contributed by atoms with van der Waals surface area (Å²) >= 11 is 0. The third kappa shape index (κ3) is 2.94. The van der Waals surface area contributed by atoms with Gasteiger partial charge in [0.05, 0.1) is 0 Å². The van der Waals surface area contributed by atoms with Crippen LogP contribution in [0.15, 0.2) is 60.7 Å². The molecular weight excluding hydrogens is 376 g/mol. The van der Waals surface area contributed by atoms with E-state index >= 15 is 0 Å². The van der Waals surface area contributed by atoms with Gasteiger partial charge in [0.25, 0.3) is 0 Å². The predicted octanol–water partition coefficient (Wildman–Crippen LogP) is 3.81. The average molecular weight is 390 g/mol. The summed E-state index contributed by atoms with van der Waals surface area (Å²) in [4.78, 5) is 25.4. The van der Waals surface area contributed by atoms with Crippen molar-refractivity contribution in [1.29, 1.82) is 0 Å². The molecule has 4 rings (SSSR count). The molecule has 0 saturated carbocycles. The van der Waals surface area contributed by atoms with Crippen LogP contribution in [0.1, 0.15) is 20.7 Å². The van der Waals surface area contributed by atoms with Crippen LogP contribution in [-0.4, -0.2) is 32.4 Å². The molecule has 4 aromatic carbocycles. The van der Waals surface area contributed by atoms with Crippen LogP contribution in [0.25, 0.3) is 21.5 Å². The number of esters is 2. The van der Waals surface area contributed by atoms with Gasteiger partial charge in [0, 0.05) is 10.8 Å². The van der Waals surface area contributed by atoms with Crippen molar-refractivity contribution in [2.45, 2.75) is 0 Å². The Hall–Kier alpha value is -4.26. The summed E-state index contributed by atoms with van der Waals surface area (Å²) < 4.78 is 4.89. The third-order valence-corrected chi connectivity index (χ3v) is 4.60. The van der Waals surface area contributed by atoms with E-state index in [9.17, 15) is 30.0 Å². The van der Waals surface area contributed by atoms with Crippen molar-refractivity contribution in [1.82, 2.24) is 0 Å². The van der Waals surface area contributed by atoms with Crippen molar-refractivity contribution < 1.29 is 34.8 Å². The third-order valence-electron chi connectivity index (χ3n) is 4.60. The van der Waals surface area contributed by atoms with Gasteiger partial charge in [-0.3, -0.25) is 0 Å². The van der Waals surface area contributed by atoms with Crippen LogP contribution in [0.4, 0.5) is 0 Å². The van der Waals surface area contributed by atoms with Crippen LogP contribution in [0, 0.1) is 0 Å². The number of benzene rings is 4. The highest BCUT2D eigenvalue weighted by molar-refractivity contribution is 6.16. The summed E-state index contributed by atoms with van der Waals surface area (Å²) in [5, 5.41) is 41.6. The number of fused-ring (bicyclic) bond motifs is 2. The first kappa shape index (κ1) is 18.1. The number of phenolic OH excluding ortho intramolecular Hbond substituents is 4. The van der Waals surface area contributed by atoms with Crippen LogP contribution in [0.2, 0.25) is 0 Å². The van der Waals surface area contributed by atoms with Crippen molar-refractivity contribution in [3.63, 3.8) is 0 Å². The van der Waals surface area contributed by atoms with E-state index < -0.39 is 46.1 Å². The van der Waals surface area contributed by atoms with Gasteiger partial charge >= 0.3 is 11.9 Å². The van der Waals surface area contributed by atoms with Gasteiger partial charge in [0.1, 0.15) is 11.1 Å². The summed E-state index contributed by atoms with van der Waals surface area (Å²) in [6, 6.07) is 15.4. The zero-order valence-corrected chi connectivity index (χ0v) is 14.8. The Morgan fingerprint density at radius 3 is 1.41 bits per heavy atom. The minimum absolute atomic E-state index is 0.269. The van der Waals surface area contributed by atoms with Crippen molar-refractivity contribution in [3.05, 3.63) is 71.8 Å². The van der Waals surface area contributed by atoms with Gasteiger partial charge in [0.15, 0.2) is 23.0 Å². The predicted molar refractivity (Wildman–Crippen MR) is 104 cm³/mol. The highest BCUT2D eigenvalue weighted by Gasteiger charge is 2.27. The number of rotatable bonds is 2. The lowest BCUT2D eigenvalue weighted by atomic mass is 10.0. The standard InChI is InChI=1S/C22H14O7/c23-15-9-11-5-1-3-7-13(11)17(19(15)25)21(27)29-22(28)18-14-8-4-2-6-12(14)10-16(24)20(18)26/h1-10,23-26H. The van der Waals surface area contributed by atoms with E-state index in [1.54, 1.807) is 36.4 Å². The molecule has 0 heterocycles. The minimum atomic E-state index is -1.22. The Morgan fingerprint density at radius 2 is 1.00 bits per heavy atom. The molecule has 0 amide bonds. The van der Waals surface area contributed by atoms with Crippen molar-refractivity contribution in [2.75, 3.05) is 0 Å². The Kier molecular flexibility index (Phi) is 4.20. The summed E-state index contributed by atoms with van der Waals surface area (Å²) in [5.41, 5.74) is -0.782. The van der Waals surface area contributed by atoms with Crippen LogP contribution in [0.3, 0.4) is 0 Å². The SMILES string of the molecule is O=C(OC(=O)c1c(O)c(O)cc2ccccc12)c1c(O)c(O)cc2ccccc12. The minimum Gasteiger partial charge on any atom is -0.504 e. The molecule has 0 spiro atoms. The number of phenols is 4. The molecular formula is C22H14O7. The number of ether oxygens (including phenoxy) is 1. The number of hydrogen-bond donors (Lipinski definition) is 4. The summed E-state index contributed by atoms with van der Waals surface area (Å²) in [7, 11) is 0. The number of hydrogen-bond acceptors (Lipinski definition) is 7. The van der Waals surface area contributed by atoms with E-state index in [0.717, 1.165) is 0 Å². The lowest BCUT2D eigenvalue weighted by Crippen LogP contribution is -2.14. The smallest absolute Gasteiger partial charge is 0.350 e. The zero-order chi connectivity index (χ0) is 20.7. The van der Waals surface area contributed by atoms with Gasteiger partial charge < -0.3 is 25.2 Å². The van der Waals surface area contributed by atoms with E-state index in [1.165, 1.54) is 24.3 Å². The zero-order valence-electron chi connectivity index (χ0n) is 14.8. The summed E-state index contributed by atoms with van der Waals surface area (Å²) in [5.74, 6) is -4.99. The molecule has 0 saturated heterocycles. The Morgan fingerprint density at radius 1 is 0.621 bits per heavy atom. The summed E-state index contributed by atoms with van der Waals surface area (Å²) in [6.07, 6.45) is 0. The van der Waals surface area contributed by atoms with E-state index in [1.807, 2.05) is 0 Å². The van der Waals surface area contributed by atoms with Crippen molar-refractivity contribution in [3.8, 4) is 23.0 Å². The van der Waals surface area contributed by atoms with Crippen LogP contribution in [-0.2, 0) is 4.74 Å². The molecule has 0 unspecified atom stereocenters. The van der Waals surface area contributed by atoms with Gasteiger partial charge in [-0.05, 0) is 22.9 Å². The molecule has 0 atom stereocenters. The highest BCUT2D eigenvalue weighted by atomic mass is 16.6. The lowest BCUT2D eigenvalue weighted by Gasteiger charge is -2.12. The topological polar surface area (TPSA) is 124 Å². The molecule has 0 fully saturated rings. The number of carbonyl (C=O) groups excluding carboxylic acids is 2. The second kappa shape index (κ2) is 6.72. The van der Waals surface area contributed by atoms with E-state index in [4.69, 9.17) is 4.74 Å². The molecule has 7 nitrogen and oxygen atoms in total. The maximum Gasteiger partial charge on any atom is 0.350 e. The Balaban J connectivity index is 1.81. The monoisotopic (exact) mass is 390 g/mol. The maximum atomic E-state index is 12.7. The molecule has 0 aliphatic heterocycles. The van der Waals surface area contributed by atoms with E-state index in [-0.39, 0.29) is 10.8 Å². The first-order chi connectivity index (χ1) is 13.9. The largest absolute Gasteiger partial charge is 0.504 e. The van der Waals surface area contributed by atoms with Gasteiger partial charge in [-0.2, -0.15) is 0 Å². The van der Waals surface area contributed by atoms with E-state index in [0.29, 0.717) is 10.8 Å². The molecule has 7 heteroatoms. The first-order valence-corrected chi connectivity index (χ1v) is 8.52. The molecule has 29 heavy (non-hydrogen) atoms. The quantitative estimate of drug-likeness (QED) is 0.233. The molecule has 144 valence electrons. The molecule has 0 aliphatic carbocycles. The van der Waals surface area contributed by atoms with Gasteiger partial charge in [-0.15, -0.1) is 0 Å². The van der Waals surface area contributed by atoms with Crippen molar-refractivity contribution >= 4 is 33.5 Å². The Labute approximate surface area is 163 Å². The fourth-order valence-corrected chi connectivity index (χ4v) is 3.24. The normalized spacial score (nSPS) is 10.9. The Bertz CT molecular complexity index is 1210. The second-order valence-corrected chi connectivity index (χ2v) is 6.36. The van der Waals surface area contributed by atoms with Crippen LogP contribution >= 0.6 is 0 Å². The van der Waals surface area contributed by atoms with Gasteiger partial charge in [-0.1, -0.05) is 48.5 Å². The van der Waals surface area contributed by atoms with E-state index in [2.05, 4.69) is 0 Å². The second-order valence-electron chi connectivity index (χ2n) is 6.36. The fraction of sp³-hybridized carbons (Fsp3) is 0. The average Bonchev–Trinajstić information content (AvgIpc) is 2.69. The maximum absolute atomic E-state index is 12.7. The molecule has 4 aromatic rings. The van der Waals surface area contributed by atoms with Crippen LogP contribution < -0.4 is 0 Å². The highest BCUT2D eigenvalue weighted by Crippen LogP contribution is 2.38. The van der Waals surface area contributed by atoms with Gasteiger partial charge in [0.2, 0.25) is 0 Å². The molecule has 0 aromatic heterocycles. The first-order valence-electron chi connectivity index (χ1n) is 8.52. The van der Waals surface area contributed by atoms with Crippen molar-refractivity contribution in [2.24, 2.45) is 0 Å². The lowest BCUT2D eigenvalue weighted by molar-refractivity contribution is 0.0396.